The number of halogens is 2. The Morgan fingerprint density at radius 3 is 2.80 bits per heavy atom. The predicted octanol–water partition coefficient (Wildman–Crippen LogP) is 4.60. The summed E-state index contributed by atoms with van der Waals surface area (Å²) in [6.07, 6.45) is 1.79. The third-order valence-corrected chi connectivity index (χ3v) is 4.03. The molecule has 0 saturated carbocycles. The maximum absolute atomic E-state index is 13.6. The zero-order valence-corrected chi connectivity index (χ0v) is 13.3. The van der Waals surface area contributed by atoms with Crippen LogP contribution in [0, 0.1) is 24.4 Å². The van der Waals surface area contributed by atoms with Gasteiger partial charge in [0.05, 0.1) is 15.7 Å². The van der Waals surface area contributed by atoms with Crippen LogP contribution >= 0.6 is 28.1 Å². The fourth-order valence-electron chi connectivity index (χ4n) is 2.20. The fraction of sp³-hybridized carbons (Fsp3) is 0.143. The maximum Gasteiger partial charge on any atom is 0.184 e. The van der Waals surface area contributed by atoms with Crippen molar-refractivity contribution in [1.29, 1.82) is 0 Å². The topological polar surface area (TPSA) is 33.6 Å². The van der Waals surface area contributed by atoms with Gasteiger partial charge in [0.2, 0.25) is 0 Å². The Morgan fingerprint density at radius 1 is 1.30 bits per heavy atom. The highest BCUT2D eigenvalue weighted by Gasteiger charge is 2.12. The number of hydrogen-bond donors (Lipinski definition) is 1. The second-order valence-electron chi connectivity index (χ2n) is 4.70. The first-order valence-electron chi connectivity index (χ1n) is 6.01. The van der Waals surface area contributed by atoms with E-state index in [1.165, 1.54) is 6.07 Å². The summed E-state index contributed by atoms with van der Waals surface area (Å²) in [5.74, 6) is -0.290. The largest absolute Gasteiger partial charge is 0.329 e. The summed E-state index contributed by atoms with van der Waals surface area (Å²) in [5, 5.41) is 0. The number of H-pyrrole nitrogens is 1. The van der Waals surface area contributed by atoms with E-state index in [4.69, 9.17) is 12.2 Å². The molecule has 2 aromatic heterocycles. The molecule has 0 saturated heterocycles. The molecule has 0 spiro atoms. The Balaban J connectivity index is 2.38. The fourth-order valence-corrected chi connectivity index (χ4v) is 2.83. The minimum atomic E-state index is -0.290. The van der Waals surface area contributed by atoms with Gasteiger partial charge < -0.3 is 4.98 Å². The monoisotopic (exact) mass is 351 g/mol. The first-order valence-corrected chi connectivity index (χ1v) is 7.21. The zero-order valence-electron chi connectivity index (χ0n) is 10.9. The van der Waals surface area contributed by atoms with E-state index in [0.29, 0.717) is 9.24 Å². The first kappa shape index (κ1) is 13.5. The predicted molar refractivity (Wildman–Crippen MR) is 83.4 cm³/mol. The molecule has 0 unspecified atom stereocenters. The van der Waals surface area contributed by atoms with Crippen molar-refractivity contribution >= 4 is 39.3 Å². The molecule has 102 valence electrons. The quantitative estimate of drug-likeness (QED) is 0.650. The van der Waals surface area contributed by atoms with E-state index >= 15 is 0 Å². The third kappa shape index (κ3) is 2.09. The standard InChI is InChI=1S/C14H11BrFN3S/c1-7-3-11-13(17-6-7)19(14(20)18-11)12-5-9(15)10(16)4-8(12)2/h3-6H,1-2H3,(H,18,20). The molecule has 1 N–H and O–H groups in total. The number of aromatic amines is 1. The van der Waals surface area contributed by atoms with E-state index in [-0.39, 0.29) is 5.82 Å². The van der Waals surface area contributed by atoms with E-state index in [1.54, 1.807) is 12.3 Å². The number of nitrogens with zero attached hydrogens (tertiary/aromatic N) is 2. The van der Waals surface area contributed by atoms with Crippen molar-refractivity contribution in [2.45, 2.75) is 13.8 Å². The van der Waals surface area contributed by atoms with Crippen molar-refractivity contribution in [1.82, 2.24) is 14.5 Å². The zero-order chi connectivity index (χ0) is 14.4. The summed E-state index contributed by atoms with van der Waals surface area (Å²) in [6, 6.07) is 5.19. The molecule has 0 amide bonds. The number of pyridine rings is 1. The number of aromatic nitrogens is 3. The molecule has 3 aromatic rings. The lowest BCUT2D eigenvalue weighted by molar-refractivity contribution is 0.619. The van der Waals surface area contributed by atoms with E-state index < -0.39 is 0 Å². The molecule has 0 radical (unpaired) electrons. The highest BCUT2D eigenvalue weighted by molar-refractivity contribution is 9.10. The Hall–Kier alpha value is -1.53. The molecule has 2 heterocycles. The molecule has 0 bridgehead atoms. The van der Waals surface area contributed by atoms with Crippen LogP contribution in [0.25, 0.3) is 16.9 Å². The van der Waals surface area contributed by atoms with Crippen LogP contribution in [0.3, 0.4) is 0 Å². The van der Waals surface area contributed by atoms with Gasteiger partial charge in [-0.05, 0) is 71.3 Å². The third-order valence-electron chi connectivity index (χ3n) is 3.14. The van der Waals surface area contributed by atoms with E-state index in [9.17, 15) is 4.39 Å². The van der Waals surface area contributed by atoms with Gasteiger partial charge in [0, 0.05) is 6.20 Å². The normalized spacial score (nSPS) is 11.2. The molecule has 6 heteroatoms. The molecule has 3 rings (SSSR count). The van der Waals surface area contributed by atoms with Gasteiger partial charge in [0.15, 0.2) is 10.4 Å². The molecule has 0 aliphatic heterocycles. The van der Waals surface area contributed by atoms with Gasteiger partial charge >= 0.3 is 0 Å². The van der Waals surface area contributed by atoms with Crippen molar-refractivity contribution in [3.63, 3.8) is 0 Å². The van der Waals surface area contributed by atoms with Crippen LogP contribution in [-0.2, 0) is 0 Å². The Kier molecular flexibility index (Phi) is 3.22. The number of benzene rings is 1. The highest BCUT2D eigenvalue weighted by atomic mass is 79.9. The molecular formula is C14H11BrFN3S. The smallest absolute Gasteiger partial charge is 0.184 e. The Bertz CT molecular complexity index is 882. The Labute approximate surface area is 128 Å². The molecule has 0 fully saturated rings. The second kappa shape index (κ2) is 4.79. The number of hydrogen-bond acceptors (Lipinski definition) is 2. The van der Waals surface area contributed by atoms with Crippen LogP contribution in [0.15, 0.2) is 28.9 Å². The number of imidazole rings is 1. The molecule has 3 nitrogen and oxygen atoms in total. The number of nitrogens with one attached hydrogen (secondary N) is 1. The summed E-state index contributed by atoms with van der Waals surface area (Å²) >= 11 is 8.59. The van der Waals surface area contributed by atoms with Gasteiger partial charge in [0.1, 0.15) is 5.82 Å². The SMILES string of the molecule is Cc1cnc2c(c1)[nH]c(=S)n2-c1cc(Br)c(F)cc1C. The molecule has 0 aliphatic carbocycles. The average Bonchev–Trinajstić information content (AvgIpc) is 2.69. The number of rotatable bonds is 1. The van der Waals surface area contributed by atoms with Gasteiger partial charge in [-0.1, -0.05) is 0 Å². The summed E-state index contributed by atoms with van der Waals surface area (Å²) in [5.41, 5.74) is 4.27. The molecular weight excluding hydrogens is 341 g/mol. The van der Waals surface area contributed by atoms with Crippen LogP contribution in [-0.4, -0.2) is 14.5 Å². The lowest BCUT2D eigenvalue weighted by atomic mass is 10.2. The van der Waals surface area contributed by atoms with Crippen LogP contribution in [0.1, 0.15) is 11.1 Å². The maximum atomic E-state index is 13.6. The van der Waals surface area contributed by atoms with Crippen molar-refractivity contribution in [2.75, 3.05) is 0 Å². The van der Waals surface area contributed by atoms with Gasteiger partial charge in [0.25, 0.3) is 0 Å². The number of aryl methyl sites for hydroxylation is 2. The average molecular weight is 352 g/mol. The molecule has 1 aromatic carbocycles. The lowest BCUT2D eigenvalue weighted by Gasteiger charge is -2.09. The molecule has 0 atom stereocenters. The summed E-state index contributed by atoms with van der Waals surface area (Å²) in [4.78, 5) is 7.56. The van der Waals surface area contributed by atoms with Gasteiger partial charge in [-0.3, -0.25) is 4.57 Å². The van der Waals surface area contributed by atoms with Crippen molar-refractivity contribution in [3.05, 3.63) is 50.6 Å². The summed E-state index contributed by atoms with van der Waals surface area (Å²) in [6.45, 7) is 3.82. The van der Waals surface area contributed by atoms with Crippen LogP contribution < -0.4 is 0 Å². The van der Waals surface area contributed by atoms with Crippen molar-refractivity contribution in [3.8, 4) is 5.69 Å². The van der Waals surface area contributed by atoms with Crippen LogP contribution in [0.4, 0.5) is 4.39 Å². The van der Waals surface area contributed by atoms with Crippen LogP contribution in [0.2, 0.25) is 0 Å². The molecule has 20 heavy (non-hydrogen) atoms. The minimum absolute atomic E-state index is 0.290. The lowest BCUT2D eigenvalue weighted by Crippen LogP contribution is -1.99. The van der Waals surface area contributed by atoms with E-state index in [1.807, 2.05) is 24.5 Å². The van der Waals surface area contributed by atoms with Crippen molar-refractivity contribution in [2.24, 2.45) is 0 Å². The van der Waals surface area contributed by atoms with E-state index in [0.717, 1.165) is 28.0 Å². The minimum Gasteiger partial charge on any atom is -0.329 e. The number of fused-ring (bicyclic) bond motifs is 1. The van der Waals surface area contributed by atoms with Gasteiger partial charge in [-0.25, -0.2) is 9.37 Å². The summed E-state index contributed by atoms with van der Waals surface area (Å²) in [7, 11) is 0. The highest BCUT2D eigenvalue weighted by Crippen LogP contribution is 2.26. The Morgan fingerprint density at radius 2 is 2.05 bits per heavy atom. The van der Waals surface area contributed by atoms with E-state index in [2.05, 4.69) is 25.9 Å². The second-order valence-corrected chi connectivity index (χ2v) is 5.94. The van der Waals surface area contributed by atoms with Gasteiger partial charge in [-0.2, -0.15) is 0 Å². The van der Waals surface area contributed by atoms with Crippen LogP contribution in [0.5, 0.6) is 0 Å². The van der Waals surface area contributed by atoms with Crippen molar-refractivity contribution < 1.29 is 4.39 Å². The molecule has 0 aliphatic rings. The summed E-state index contributed by atoms with van der Waals surface area (Å²) < 4.78 is 16.3. The first-order chi connectivity index (χ1) is 9.47. The van der Waals surface area contributed by atoms with Gasteiger partial charge in [-0.15, -0.1) is 0 Å².